The van der Waals surface area contributed by atoms with E-state index in [1.165, 1.54) is 0 Å². The Morgan fingerprint density at radius 1 is 0.970 bits per heavy atom. The largest absolute Gasteiger partial charge is 0.497 e. The van der Waals surface area contributed by atoms with E-state index in [0.717, 1.165) is 27.3 Å². The maximum absolute atomic E-state index is 13.6. The molecule has 3 aromatic rings. The number of carbonyl (C=O) groups excluding carboxylic acids is 1. The van der Waals surface area contributed by atoms with E-state index >= 15 is 0 Å². The molecule has 0 spiro atoms. The fourth-order valence-electron chi connectivity index (χ4n) is 4.33. The number of hydrogen-bond acceptors (Lipinski definition) is 4. The monoisotopic (exact) mass is 445 g/mol. The molecule has 6 heteroatoms. The highest BCUT2D eigenvalue weighted by molar-refractivity contribution is 5.97. The van der Waals surface area contributed by atoms with E-state index in [1.807, 2.05) is 49.4 Å². The van der Waals surface area contributed by atoms with E-state index in [1.54, 1.807) is 31.4 Å². The number of methoxy groups -OCH3 is 1. The van der Waals surface area contributed by atoms with Crippen molar-refractivity contribution < 1.29 is 24.3 Å². The van der Waals surface area contributed by atoms with E-state index in [4.69, 9.17) is 9.57 Å². The minimum Gasteiger partial charge on any atom is -0.497 e. The number of hydroxylamine groups is 2. The molecule has 0 fully saturated rings. The van der Waals surface area contributed by atoms with Gasteiger partial charge in [0.15, 0.2) is 5.54 Å². The fourth-order valence-corrected chi connectivity index (χ4v) is 4.33. The minimum atomic E-state index is -1.52. The highest BCUT2D eigenvalue weighted by Gasteiger charge is 2.52. The molecule has 170 valence electrons. The Labute approximate surface area is 193 Å². The van der Waals surface area contributed by atoms with Crippen LogP contribution in [0.1, 0.15) is 32.6 Å². The highest BCUT2D eigenvalue weighted by atomic mass is 16.7. The first-order chi connectivity index (χ1) is 15.9. The molecule has 4 rings (SSSR count). The summed E-state index contributed by atoms with van der Waals surface area (Å²) >= 11 is 0. The molecule has 1 N–H and O–H groups in total. The summed E-state index contributed by atoms with van der Waals surface area (Å²) in [5.74, 6) is -0.965. The second-order valence-electron chi connectivity index (χ2n) is 8.36. The molecule has 1 aliphatic rings. The van der Waals surface area contributed by atoms with Crippen LogP contribution in [0.25, 0.3) is 0 Å². The van der Waals surface area contributed by atoms with E-state index in [0.29, 0.717) is 17.7 Å². The topological polar surface area (TPSA) is 76.1 Å². The molecule has 0 saturated carbocycles. The predicted octanol–water partition coefficient (Wildman–Crippen LogP) is 4.24. The molecule has 3 aromatic carbocycles. The van der Waals surface area contributed by atoms with Gasteiger partial charge in [-0.05, 0) is 54.3 Å². The molecular formula is C27H27NO5. The van der Waals surface area contributed by atoms with E-state index in [-0.39, 0.29) is 19.4 Å². The Balaban J connectivity index is 1.65. The van der Waals surface area contributed by atoms with Crippen LogP contribution in [-0.2, 0) is 28.9 Å². The van der Waals surface area contributed by atoms with Gasteiger partial charge in [0.05, 0.1) is 13.7 Å². The minimum absolute atomic E-state index is 0.177. The number of rotatable bonds is 8. The SMILES string of the molecule is COc1ccc(C(=O)N(OCCc2cccc(C)c2)C2(C(=O)O)Cc3ccccc3C2)cc1. The summed E-state index contributed by atoms with van der Waals surface area (Å²) in [5, 5.41) is 11.4. The van der Waals surface area contributed by atoms with Crippen molar-refractivity contribution in [1.82, 2.24) is 5.06 Å². The molecule has 0 bridgehead atoms. The third kappa shape index (κ3) is 4.61. The molecule has 0 saturated heterocycles. The normalized spacial score (nSPS) is 13.9. The summed E-state index contributed by atoms with van der Waals surface area (Å²) in [7, 11) is 1.55. The Morgan fingerprint density at radius 2 is 1.64 bits per heavy atom. The molecule has 1 amide bonds. The molecule has 0 aromatic heterocycles. The predicted molar refractivity (Wildman–Crippen MR) is 124 cm³/mol. The zero-order valence-electron chi connectivity index (χ0n) is 18.8. The Bertz CT molecular complexity index is 1130. The third-order valence-corrected chi connectivity index (χ3v) is 6.09. The van der Waals surface area contributed by atoms with Crippen LogP contribution in [-0.4, -0.2) is 41.3 Å². The number of carbonyl (C=O) groups is 2. The summed E-state index contributed by atoms with van der Waals surface area (Å²) in [4.78, 5) is 32.2. The lowest BCUT2D eigenvalue weighted by molar-refractivity contribution is -0.200. The first-order valence-electron chi connectivity index (χ1n) is 10.9. The highest BCUT2D eigenvalue weighted by Crippen LogP contribution is 2.36. The Morgan fingerprint density at radius 3 is 2.21 bits per heavy atom. The van der Waals surface area contributed by atoms with Gasteiger partial charge in [-0.3, -0.25) is 9.63 Å². The molecule has 0 heterocycles. The van der Waals surface area contributed by atoms with Crippen LogP contribution in [0.4, 0.5) is 0 Å². The van der Waals surface area contributed by atoms with Crippen molar-refractivity contribution in [3.05, 3.63) is 101 Å². The van der Waals surface area contributed by atoms with Gasteiger partial charge in [0, 0.05) is 18.4 Å². The zero-order valence-corrected chi connectivity index (χ0v) is 18.8. The average Bonchev–Trinajstić information content (AvgIpc) is 3.22. The maximum Gasteiger partial charge on any atom is 0.332 e. The van der Waals surface area contributed by atoms with Crippen molar-refractivity contribution in [3.63, 3.8) is 0 Å². The van der Waals surface area contributed by atoms with Crippen LogP contribution in [0.15, 0.2) is 72.8 Å². The molecular weight excluding hydrogens is 418 g/mol. The number of aryl methyl sites for hydroxylation is 1. The number of amides is 1. The average molecular weight is 446 g/mol. The summed E-state index contributed by atoms with van der Waals surface area (Å²) in [6.45, 7) is 2.19. The molecule has 33 heavy (non-hydrogen) atoms. The van der Waals surface area contributed by atoms with Gasteiger partial charge in [-0.15, -0.1) is 0 Å². The number of carboxylic acids is 1. The first-order valence-corrected chi connectivity index (χ1v) is 10.9. The summed E-state index contributed by atoms with van der Waals surface area (Å²) in [5.41, 5.74) is 2.83. The quantitative estimate of drug-likeness (QED) is 0.525. The Hall–Kier alpha value is -3.64. The van der Waals surface area contributed by atoms with Crippen LogP contribution in [0.5, 0.6) is 5.75 Å². The number of carboxylic acid groups (broad SMARTS) is 1. The van der Waals surface area contributed by atoms with Crippen molar-refractivity contribution in [1.29, 1.82) is 0 Å². The van der Waals surface area contributed by atoms with E-state index in [2.05, 4.69) is 6.07 Å². The lowest BCUT2D eigenvalue weighted by atomic mass is 9.94. The molecule has 1 aliphatic carbocycles. The van der Waals surface area contributed by atoms with Gasteiger partial charge in [0.25, 0.3) is 5.91 Å². The molecule has 0 atom stereocenters. The van der Waals surface area contributed by atoms with Crippen LogP contribution in [0, 0.1) is 6.92 Å². The van der Waals surface area contributed by atoms with E-state index in [9.17, 15) is 14.7 Å². The first kappa shape index (κ1) is 22.6. The van der Waals surface area contributed by atoms with Crippen molar-refractivity contribution in [3.8, 4) is 5.75 Å². The van der Waals surface area contributed by atoms with Crippen LogP contribution in [0.2, 0.25) is 0 Å². The Kier molecular flexibility index (Phi) is 6.47. The molecule has 0 radical (unpaired) electrons. The second kappa shape index (κ2) is 9.46. The number of fused-ring (bicyclic) bond motifs is 1. The van der Waals surface area contributed by atoms with Gasteiger partial charge in [0.2, 0.25) is 0 Å². The summed E-state index contributed by atoms with van der Waals surface area (Å²) in [6.07, 6.45) is 0.923. The number of benzene rings is 3. The zero-order chi connectivity index (χ0) is 23.4. The number of hydrogen-bond donors (Lipinski definition) is 1. The lowest BCUT2D eigenvalue weighted by Crippen LogP contribution is -2.58. The number of nitrogens with zero attached hydrogens (tertiary/aromatic N) is 1. The van der Waals surface area contributed by atoms with Crippen molar-refractivity contribution in [2.45, 2.75) is 31.7 Å². The molecule has 0 aliphatic heterocycles. The van der Waals surface area contributed by atoms with Gasteiger partial charge in [-0.25, -0.2) is 4.79 Å². The summed E-state index contributed by atoms with van der Waals surface area (Å²) in [6, 6.07) is 22.2. The van der Waals surface area contributed by atoms with Gasteiger partial charge in [-0.2, -0.15) is 5.06 Å². The smallest absolute Gasteiger partial charge is 0.332 e. The second-order valence-corrected chi connectivity index (χ2v) is 8.36. The van der Waals surface area contributed by atoms with Crippen LogP contribution < -0.4 is 4.74 Å². The van der Waals surface area contributed by atoms with Crippen LogP contribution in [0.3, 0.4) is 0 Å². The lowest BCUT2D eigenvalue weighted by Gasteiger charge is -2.36. The third-order valence-electron chi connectivity index (χ3n) is 6.09. The van der Waals surface area contributed by atoms with Crippen molar-refractivity contribution >= 4 is 11.9 Å². The van der Waals surface area contributed by atoms with Gasteiger partial charge in [0.1, 0.15) is 5.75 Å². The molecule has 6 nitrogen and oxygen atoms in total. The fraction of sp³-hybridized carbons (Fsp3) is 0.259. The van der Waals surface area contributed by atoms with Crippen molar-refractivity contribution in [2.75, 3.05) is 13.7 Å². The maximum atomic E-state index is 13.6. The number of aliphatic carboxylic acids is 1. The molecule has 0 unspecified atom stereocenters. The van der Waals surface area contributed by atoms with Crippen molar-refractivity contribution in [2.24, 2.45) is 0 Å². The number of ether oxygens (including phenoxy) is 1. The van der Waals surface area contributed by atoms with Gasteiger partial charge in [-0.1, -0.05) is 54.1 Å². The van der Waals surface area contributed by atoms with E-state index < -0.39 is 17.4 Å². The van der Waals surface area contributed by atoms with Gasteiger partial charge < -0.3 is 9.84 Å². The standard InChI is InChI=1S/C27H27NO5/c1-19-6-5-7-20(16-19)14-15-33-28(25(29)21-10-12-24(32-2)13-11-21)27(26(30)31)17-22-8-3-4-9-23(22)18-27/h3-13,16H,14-15,17-18H2,1-2H3,(H,30,31). The van der Waals surface area contributed by atoms with Gasteiger partial charge >= 0.3 is 5.97 Å². The summed E-state index contributed by atoms with van der Waals surface area (Å²) < 4.78 is 5.18. The van der Waals surface area contributed by atoms with Crippen LogP contribution >= 0.6 is 0 Å².